The number of nitrogens with one attached hydrogen (secondary N) is 2. The summed E-state index contributed by atoms with van der Waals surface area (Å²) in [6.45, 7) is 3.35. The molecule has 0 aliphatic heterocycles. The number of anilines is 1. The Hall–Kier alpha value is -1.12. The predicted molar refractivity (Wildman–Crippen MR) is 59.0 cm³/mol. The van der Waals surface area contributed by atoms with Crippen LogP contribution >= 0.6 is 0 Å². The number of aliphatic hydroxyl groups excluding tert-OH is 1. The molecule has 5 N–H and O–H groups in total. The molecular formula is C8H16N4O3S. The van der Waals surface area contributed by atoms with Crippen LogP contribution in [0.2, 0.25) is 0 Å². The fraction of sp³-hybridized carbons (Fsp3) is 0.625. The Balaban J connectivity index is 2.92. The van der Waals surface area contributed by atoms with Crippen LogP contribution in [0, 0.1) is 5.92 Å². The lowest BCUT2D eigenvalue weighted by atomic mass is 10.1. The SMILES string of the molecule is CC(C)[C@@H](CO)NS(=O)(=O)c1cn[nH]c1N. The lowest BCUT2D eigenvalue weighted by Gasteiger charge is -2.19. The van der Waals surface area contributed by atoms with E-state index >= 15 is 0 Å². The maximum absolute atomic E-state index is 11.8. The quantitative estimate of drug-likeness (QED) is 0.548. The van der Waals surface area contributed by atoms with Crippen molar-refractivity contribution in [1.29, 1.82) is 0 Å². The van der Waals surface area contributed by atoms with E-state index in [2.05, 4.69) is 14.9 Å². The predicted octanol–water partition coefficient (Wildman–Crippen LogP) is -0.713. The van der Waals surface area contributed by atoms with E-state index in [-0.39, 0.29) is 23.2 Å². The normalized spacial score (nSPS) is 14.2. The van der Waals surface area contributed by atoms with Gasteiger partial charge in [0.1, 0.15) is 10.7 Å². The van der Waals surface area contributed by atoms with Crippen molar-refractivity contribution in [1.82, 2.24) is 14.9 Å². The number of aromatic nitrogens is 2. The van der Waals surface area contributed by atoms with Crippen molar-refractivity contribution in [2.45, 2.75) is 24.8 Å². The van der Waals surface area contributed by atoms with Gasteiger partial charge in [0.05, 0.1) is 12.8 Å². The second kappa shape index (κ2) is 4.81. The molecule has 0 saturated carbocycles. The topological polar surface area (TPSA) is 121 Å². The molecule has 1 atom stereocenters. The van der Waals surface area contributed by atoms with Gasteiger partial charge in [-0.25, -0.2) is 13.1 Å². The average Bonchev–Trinajstić information content (AvgIpc) is 2.61. The van der Waals surface area contributed by atoms with E-state index in [1.807, 2.05) is 13.8 Å². The molecule has 0 unspecified atom stereocenters. The van der Waals surface area contributed by atoms with Crippen molar-refractivity contribution in [3.05, 3.63) is 6.20 Å². The second-order valence-electron chi connectivity index (χ2n) is 3.80. The molecule has 0 aromatic carbocycles. The van der Waals surface area contributed by atoms with Gasteiger partial charge in [-0.15, -0.1) is 0 Å². The molecule has 0 saturated heterocycles. The smallest absolute Gasteiger partial charge is 0.246 e. The minimum absolute atomic E-state index is 0.0204. The van der Waals surface area contributed by atoms with E-state index in [0.29, 0.717) is 0 Å². The monoisotopic (exact) mass is 248 g/mol. The summed E-state index contributed by atoms with van der Waals surface area (Å²) in [7, 11) is -3.73. The third-order valence-corrected chi connectivity index (χ3v) is 3.75. The van der Waals surface area contributed by atoms with Gasteiger partial charge in [-0.2, -0.15) is 5.10 Å². The highest BCUT2D eigenvalue weighted by Crippen LogP contribution is 2.15. The zero-order valence-corrected chi connectivity index (χ0v) is 9.95. The molecule has 1 aromatic heterocycles. The van der Waals surface area contributed by atoms with Crippen molar-refractivity contribution in [3.63, 3.8) is 0 Å². The Kier molecular flexibility index (Phi) is 3.89. The van der Waals surface area contributed by atoms with Gasteiger partial charge < -0.3 is 10.8 Å². The lowest BCUT2D eigenvalue weighted by Crippen LogP contribution is -2.41. The van der Waals surface area contributed by atoms with Crippen LogP contribution < -0.4 is 10.5 Å². The molecule has 0 spiro atoms. The number of rotatable bonds is 5. The van der Waals surface area contributed by atoms with Gasteiger partial charge in [0, 0.05) is 6.04 Å². The van der Waals surface area contributed by atoms with Gasteiger partial charge >= 0.3 is 0 Å². The molecule has 16 heavy (non-hydrogen) atoms. The molecule has 0 bridgehead atoms. The standard InChI is InChI=1S/C8H16N4O3S/c1-5(2)6(4-13)12-16(14,15)7-3-10-11-8(7)9/h3,5-6,12-13H,4H2,1-2H3,(H3,9,10,11)/t6-/m1/s1. The van der Waals surface area contributed by atoms with Crippen LogP contribution in [-0.4, -0.2) is 36.4 Å². The van der Waals surface area contributed by atoms with E-state index < -0.39 is 16.1 Å². The van der Waals surface area contributed by atoms with Gasteiger partial charge in [-0.1, -0.05) is 13.8 Å². The number of H-pyrrole nitrogens is 1. The number of nitrogen functional groups attached to an aromatic ring is 1. The van der Waals surface area contributed by atoms with Crippen molar-refractivity contribution in [3.8, 4) is 0 Å². The molecule has 0 aliphatic rings. The Labute approximate surface area is 94.1 Å². The van der Waals surface area contributed by atoms with Crippen LogP contribution in [0.25, 0.3) is 0 Å². The highest BCUT2D eigenvalue weighted by atomic mass is 32.2. The number of aromatic amines is 1. The zero-order chi connectivity index (χ0) is 12.3. The highest BCUT2D eigenvalue weighted by Gasteiger charge is 2.24. The lowest BCUT2D eigenvalue weighted by molar-refractivity contribution is 0.227. The van der Waals surface area contributed by atoms with Gasteiger partial charge in [-0.3, -0.25) is 5.10 Å². The average molecular weight is 248 g/mol. The largest absolute Gasteiger partial charge is 0.395 e. The number of aliphatic hydroxyl groups is 1. The summed E-state index contributed by atoms with van der Waals surface area (Å²) in [4.78, 5) is -0.105. The van der Waals surface area contributed by atoms with Crippen molar-refractivity contribution in [2.24, 2.45) is 5.92 Å². The molecule has 1 aromatic rings. The highest BCUT2D eigenvalue weighted by molar-refractivity contribution is 7.89. The number of hydrogen-bond acceptors (Lipinski definition) is 5. The fourth-order valence-corrected chi connectivity index (χ4v) is 2.55. The molecule has 7 nitrogen and oxygen atoms in total. The van der Waals surface area contributed by atoms with Gasteiger partial charge in [-0.05, 0) is 5.92 Å². The molecule has 92 valence electrons. The molecule has 1 rings (SSSR count). The van der Waals surface area contributed by atoms with Crippen molar-refractivity contribution in [2.75, 3.05) is 12.3 Å². The van der Waals surface area contributed by atoms with Crippen molar-refractivity contribution < 1.29 is 13.5 Å². The molecule has 1 heterocycles. The van der Waals surface area contributed by atoms with Gasteiger partial charge in [0.2, 0.25) is 10.0 Å². The molecule has 0 aliphatic carbocycles. The van der Waals surface area contributed by atoms with Crippen LogP contribution in [-0.2, 0) is 10.0 Å². The van der Waals surface area contributed by atoms with E-state index in [4.69, 9.17) is 10.8 Å². The summed E-state index contributed by atoms with van der Waals surface area (Å²) in [5, 5.41) is 14.9. The first-order valence-electron chi connectivity index (χ1n) is 4.80. The third kappa shape index (κ3) is 2.71. The van der Waals surface area contributed by atoms with Gasteiger partial charge in [0.15, 0.2) is 0 Å². The fourth-order valence-electron chi connectivity index (χ4n) is 1.15. The first kappa shape index (κ1) is 12.9. The Morgan fingerprint density at radius 2 is 2.25 bits per heavy atom. The first-order valence-corrected chi connectivity index (χ1v) is 6.29. The number of nitrogens with zero attached hydrogens (tertiary/aromatic N) is 1. The van der Waals surface area contributed by atoms with Gasteiger partial charge in [0.25, 0.3) is 0 Å². The van der Waals surface area contributed by atoms with E-state index in [1.165, 1.54) is 0 Å². The van der Waals surface area contributed by atoms with E-state index in [1.54, 1.807) is 0 Å². The summed E-state index contributed by atoms with van der Waals surface area (Å²) in [5.41, 5.74) is 5.42. The molecule has 8 heteroatoms. The maximum atomic E-state index is 11.8. The summed E-state index contributed by atoms with van der Waals surface area (Å²) in [6, 6.07) is -0.542. The van der Waals surface area contributed by atoms with Crippen LogP contribution in [0.4, 0.5) is 5.82 Å². The minimum atomic E-state index is -3.73. The molecular weight excluding hydrogens is 232 g/mol. The second-order valence-corrected chi connectivity index (χ2v) is 5.48. The number of sulfonamides is 1. The zero-order valence-electron chi connectivity index (χ0n) is 9.14. The number of hydrogen-bond donors (Lipinski definition) is 4. The van der Waals surface area contributed by atoms with E-state index in [0.717, 1.165) is 6.20 Å². The Bertz CT molecular complexity index is 440. The van der Waals surface area contributed by atoms with Crippen LogP contribution in [0.5, 0.6) is 0 Å². The summed E-state index contributed by atoms with van der Waals surface area (Å²) < 4.78 is 26.0. The first-order chi connectivity index (χ1) is 7.38. The number of nitrogens with two attached hydrogens (primary N) is 1. The summed E-state index contributed by atoms with van der Waals surface area (Å²) in [6.07, 6.45) is 1.13. The minimum Gasteiger partial charge on any atom is -0.395 e. The van der Waals surface area contributed by atoms with Crippen molar-refractivity contribution >= 4 is 15.8 Å². The Morgan fingerprint density at radius 1 is 1.62 bits per heavy atom. The summed E-state index contributed by atoms with van der Waals surface area (Å²) >= 11 is 0. The van der Waals surface area contributed by atoms with Crippen LogP contribution in [0.3, 0.4) is 0 Å². The molecule has 0 fully saturated rings. The summed E-state index contributed by atoms with van der Waals surface area (Å²) in [5.74, 6) is -0.0409. The van der Waals surface area contributed by atoms with E-state index in [9.17, 15) is 8.42 Å². The molecule has 0 amide bonds. The third-order valence-electron chi connectivity index (χ3n) is 2.23. The Morgan fingerprint density at radius 3 is 2.62 bits per heavy atom. The maximum Gasteiger partial charge on any atom is 0.246 e. The molecule has 0 radical (unpaired) electrons. The van der Waals surface area contributed by atoms with Crippen LogP contribution in [0.1, 0.15) is 13.8 Å². The van der Waals surface area contributed by atoms with Crippen LogP contribution in [0.15, 0.2) is 11.1 Å².